The highest BCUT2D eigenvalue weighted by atomic mass is 16.5. The van der Waals surface area contributed by atoms with Gasteiger partial charge >= 0.3 is 0 Å². The monoisotopic (exact) mass is 318 g/mol. The number of nitrogens with one attached hydrogen (secondary N) is 1. The number of carbonyl (C=O) groups excluding carboxylic acids is 2. The average molecular weight is 318 g/mol. The third-order valence-corrected chi connectivity index (χ3v) is 4.59. The Morgan fingerprint density at radius 2 is 1.83 bits per heavy atom. The van der Waals surface area contributed by atoms with Gasteiger partial charge in [0.1, 0.15) is 0 Å². The Labute approximate surface area is 137 Å². The van der Waals surface area contributed by atoms with E-state index in [4.69, 9.17) is 10.5 Å². The maximum Gasteiger partial charge on any atom is 0.248 e. The van der Waals surface area contributed by atoms with Crippen molar-refractivity contribution in [1.82, 2.24) is 5.32 Å². The van der Waals surface area contributed by atoms with E-state index in [0.29, 0.717) is 24.6 Å². The molecule has 1 fully saturated rings. The predicted octanol–water partition coefficient (Wildman–Crippen LogP) is 2.21. The van der Waals surface area contributed by atoms with E-state index in [1.807, 2.05) is 12.1 Å². The minimum Gasteiger partial charge on any atom is -0.385 e. The number of methoxy groups -OCH3 is 1. The van der Waals surface area contributed by atoms with Crippen LogP contribution in [-0.2, 0) is 9.53 Å². The standard InChI is InChI=1S/C18H26N2O3/c1-23-12-2-11-20-18(22)16-9-5-14(6-10-16)13-3-7-15(8-4-13)17(19)21/h3-4,7-8,14,16H,2,5-6,9-12H2,1H3,(H2,19,21)(H,20,22). The predicted molar refractivity (Wildman–Crippen MR) is 89.2 cm³/mol. The quantitative estimate of drug-likeness (QED) is 0.756. The first-order valence-electron chi connectivity index (χ1n) is 8.28. The van der Waals surface area contributed by atoms with Crippen LogP contribution in [0.1, 0.15) is 53.9 Å². The fourth-order valence-corrected chi connectivity index (χ4v) is 3.18. The van der Waals surface area contributed by atoms with Gasteiger partial charge in [0, 0.05) is 31.7 Å². The zero-order valence-corrected chi connectivity index (χ0v) is 13.7. The van der Waals surface area contributed by atoms with Crippen LogP contribution in [0.4, 0.5) is 0 Å². The molecule has 0 bridgehead atoms. The van der Waals surface area contributed by atoms with E-state index < -0.39 is 5.91 Å². The van der Waals surface area contributed by atoms with Gasteiger partial charge in [0.25, 0.3) is 0 Å². The third-order valence-electron chi connectivity index (χ3n) is 4.59. The molecule has 5 nitrogen and oxygen atoms in total. The first kappa shape index (κ1) is 17.5. The molecule has 1 aliphatic rings. The fourth-order valence-electron chi connectivity index (χ4n) is 3.18. The minimum absolute atomic E-state index is 0.124. The number of primary amides is 1. The van der Waals surface area contributed by atoms with Gasteiger partial charge in [-0.25, -0.2) is 0 Å². The summed E-state index contributed by atoms with van der Waals surface area (Å²) in [5, 5.41) is 2.99. The zero-order chi connectivity index (χ0) is 16.7. The highest BCUT2D eigenvalue weighted by molar-refractivity contribution is 5.92. The van der Waals surface area contributed by atoms with Gasteiger partial charge in [-0.05, 0) is 55.7 Å². The van der Waals surface area contributed by atoms with E-state index in [1.165, 1.54) is 5.56 Å². The fraction of sp³-hybridized carbons (Fsp3) is 0.556. The molecular formula is C18H26N2O3. The molecule has 1 saturated carbocycles. The summed E-state index contributed by atoms with van der Waals surface area (Å²) < 4.78 is 4.98. The molecule has 0 aromatic heterocycles. The van der Waals surface area contributed by atoms with Crippen LogP contribution in [0.2, 0.25) is 0 Å². The number of amides is 2. The van der Waals surface area contributed by atoms with Crippen molar-refractivity contribution < 1.29 is 14.3 Å². The molecule has 0 spiro atoms. The molecule has 1 aromatic carbocycles. The Morgan fingerprint density at radius 3 is 2.39 bits per heavy atom. The highest BCUT2D eigenvalue weighted by Gasteiger charge is 2.26. The van der Waals surface area contributed by atoms with Crippen molar-refractivity contribution in [3.63, 3.8) is 0 Å². The molecule has 0 saturated heterocycles. The Hall–Kier alpha value is -1.88. The number of benzene rings is 1. The molecule has 3 N–H and O–H groups in total. The summed E-state index contributed by atoms with van der Waals surface area (Å²) in [4.78, 5) is 23.2. The summed E-state index contributed by atoms with van der Waals surface area (Å²) in [5.41, 5.74) is 7.03. The van der Waals surface area contributed by atoms with E-state index in [9.17, 15) is 9.59 Å². The lowest BCUT2D eigenvalue weighted by molar-refractivity contribution is -0.126. The van der Waals surface area contributed by atoms with Crippen molar-refractivity contribution in [2.75, 3.05) is 20.3 Å². The molecular weight excluding hydrogens is 292 g/mol. The topological polar surface area (TPSA) is 81.4 Å². The van der Waals surface area contributed by atoms with Crippen molar-refractivity contribution >= 4 is 11.8 Å². The van der Waals surface area contributed by atoms with E-state index >= 15 is 0 Å². The summed E-state index contributed by atoms with van der Waals surface area (Å²) in [5.74, 6) is 0.363. The molecule has 23 heavy (non-hydrogen) atoms. The number of hydrogen-bond donors (Lipinski definition) is 2. The van der Waals surface area contributed by atoms with Gasteiger partial charge in [-0.15, -0.1) is 0 Å². The second-order valence-electron chi connectivity index (χ2n) is 6.17. The van der Waals surface area contributed by atoms with E-state index in [-0.39, 0.29) is 11.8 Å². The van der Waals surface area contributed by atoms with Crippen LogP contribution in [-0.4, -0.2) is 32.1 Å². The lowest BCUT2D eigenvalue weighted by atomic mass is 9.78. The largest absolute Gasteiger partial charge is 0.385 e. The number of ether oxygens (including phenoxy) is 1. The van der Waals surface area contributed by atoms with Crippen molar-refractivity contribution in [3.8, 4) is 0 Å². The summed E-state index contributed by atoms with van der Waals surface area (Å²) in [6.45, 7) is 1.36. The minimum atomic E-state index is -0.398. The van der Waals surface area contributed by atoms with Crippen molar-refractivity contribution in [2.24, 2.45) is 11.7 Å². The zero-order valence-electron chi connectivity index (χ0n) is 13.7. The number of nitrogens with two attached hydrogens (primary N) is 1. The second kappa shape index (κ2) is 8.67. The van der Waals surface area contributed by atoms with Crippen LogP contribution >= 0.6 is 0 Å². The maximum absolute atomic E-state index is 12.1. The molecule has 2 amide bonds. The third kappa shape index (κ3) is 5.06. The molecule has 0 heterocycles. The Morgan fingerprint density at radius 1 is 1.17 bits per heavy atom. The number of hydrogen-bond acceptors (Lipinski definition) is 3. The van der Waals surface area contributed by atoms with Crippen LogP contribution in [0, 0.1) is 5.92 Å². The molecule has 126 valence electrons. The maximum atomic E-state index is 12.1. The summed E-state index contributed by atoms with van der Waals surface area (Å²) >= 11 is 0. The lowest BCUT2D eigenvalue weighted by Crippen LogP contribution is -2.33. The molecule has 1 aromatic rings. The molecule has 0 radical (unpaired) electrons. The van der Waals surface area contributed by atoms with Gasteiger partial charge < -0.3 is 15.8 Å². The summed E-state index contributed by atoms with van der Waals surface area (Å²) in [6.07, 6.45) is 4.69. The van der Waals surface area contributed by atoms with Gasteiger partial charge in [0.2, 0.25) is 11.8 Å². The van der Waals surface area contributed by atoms with Gasteiger partial charge in [0.05, 0.1) is 0 Å². The van der Waals surface area contributed by atoms with Crippen LogP contribution in [0.15, 0.2) is 24.3 Å². The molecule has 5 heteroatoms. The van der Waals surface area contributed by atoms with Gasteiger partial charge in [0.15, 0.2) is 0 Å². The van der Waals surface area contributed by atoms with Gasteiger partial charge in [-0.2, -0.15) is 0 Å². The highest BCUT2D eigenvalue weighted by Crippen LogP contribution is 2.35. The SMILES string of the molecule is COCCCNC(=O)C1CCC(c2ccc(C(N)=O)cc2)CC1. The van der Waals surface area contributed by atoms with E-state index in [0.717, 1.165) is 32.1 Å². The molecule has 2 rings (SSSR count). The van der Waals surface area contributed by atoms with Gasteiger partial charge in [-0.1, -0.05) is 12.1 Å². The van der Waals surface area contributed by atoms with Crippen LogP contribution in [0.5, 0.6) is 0 Å². The first-order chi connectivity index (χ1) is 11.1. The average Bonchev–Trinajstić information content (AvgIpc) is 2.59. The van der Waals surface area contributed by atoms with Crippen molar-refractivity contribution in [3.05, 3.63) is 35.4 Å². The smallest absolute Gasteiger partial charge is 0.248 e. The Bertz CT molecular complexity index is 520. The lowest BCUT2D eigenvalue weighted by Gasteiger charge is -2.28. The normalized spacial score (nSPS) is 20.9. The molecule has 1 aliphatic carbocycles. The van der Waals surface area contributed by atoms with Crippen molar-refractivity contribution in [1.29, 1.82) is 0 Å². The number of rotatable bonds is 7. The van der Waals surface area contributed by atoms with E-state index in [2.05, 4.69) is 5.32 Å². The summed E-state index contributed by atoms with van der Waals surface area (Å²) in [6, 6.07) is 7.53. The first-order valence-corrected chi connectivity index (χ1v) is 8.28. The summed E-state index contributed by atoms with van der Waals surface area (Å²) in [7, 11) is 1.67. The van der Waals surface area contributed by atoms with Crippen molar-refractivity contribution in [2.45, 2.75) is 38.0 Å². The van der Waals surface area contributed by atoms with E-state index in [1.54, 1.807) is 19.2 Å². The van der Waals surface area contributed by atoms with Crippen LogP contribution < -0.4 is 11.1 Å². The second-order valence-corrected chi connectivity index (χ2v) is 6.17. The Balaban J connectivity index is 1.79. The molecule has 0 aliphatic heterocycles. The number of carbonyl (C=O) groups is 2. The molecule has 0 atom stereocenters. The Kier molecular flexibility index (Phi) is 6.59. The molecule has 0 unspecified atom stereocenters. The van der Waals surface area contributed by atoms with Crippen LogP contribution in [0.25, 0.3) is 0 Å². The van der Waals surface area contributed by atoms with Crippen LogP contribution in [0.3, 0.4) is 0 Å². The van der Waals surface area contributed by atoms with Gasteiger partial charge in [-0.3, -0.25) is 9.59 Å².